The van der Waals surface area contributed by atoms with Crippen molar-refractivity contribution in [3.05, 3.63) is 0 Å². The summed E-state index contributed by atoms with van der Waals surface area (Å²) in [5.74, 6) is 0.924. The van der Waals surface area contributed by atoms with Crippen LogP contribution in [-0.2, 0) is 0 Å². The molecule has 1 saturated heterocycles. The lowest BCUT2D eigenvalue weighted by Gasteiger charge is -2.29. The molecule has 2 unspecified atom stereocenters. The molecule has 0 radical (unpaired) electrons. The lowest BCUT2D eigenvalue weighted by Crippen LogP contribution is -2.47. The first-order valence-corrected chi connectivity index (χ1v) is 6.08. The summed E-state index contributed by atoms with van der Waals surface area (Å²) < 4.78 is 0. The summed E-state index contributed by atoms with van der Waals surface area (Å²) in [6, 6.07) is 0. The zero-order chi connectivity index (χ0) is 10.6. The summed E-state index contributed by atoms with van der Waals surface area (Å²) in [5, 5.41) is 0. The molecule has 2 N–H and O–H groups in total. The Bertz CT molecular complexity index is 166. The fraction of sp³-hybridized carbons (Fsp3) is 1.00. The average Bonchev–Trinajstić information content (AvgIpc) is 2.51. The Morgan fingerprint density at radius 2 is 2.14 bits per heavy atom. The van der Waals surface area contributed by atoms with Crippen molar-refractivity contribution in [2.75, 3.05) is 19.6 Å². The average molecular weight is 198 g/mol. The highest BCUT2D eigenvalue weighted by Crippen LogP contribution is 2.21. The van der Waals surface area contributed by atoms with E-state index in [1.807, 2.05) is 0 Å². The Kier molecular flexibility index (Phi) is 4.39. The van der Waals surface area contributed by atoms with Crippen molar-refractivity contribution in [3.8, 4) is 0 Å². The van der Waals surface area contributed by atoms with Gasteiger partial charge in [-0.1, -0.05) is 26.7 Å². The number of likely N-dealkylation sites (tertiary alicyclic amines) is 1. The molecule has 0 saturated carbocycles. The minimum Gasteiger partial charge on any atom is -0.324 e. The summed E-state index contributed by atoms with van der Waals surface area (Å²) in [6.07, 6.45) is 5.03. The van der Waals surface area contributed by atoms with E-state index >= 15 is 0 Å². The van der Waals surface area contributed by atoms with E-state index in [-0.39, 0.29) is 5.54 Å². The molecule has 0 aromatic carbocycles. The fourth-order valence-electron chi connectivity index (χ4n) is 2.55. The molecule has 0 amide bonds. The van der Waals surface area contributed by atoms with Crippen LogP contribution in [0.1, 0.15) is 46.5 Å². The maximum atomic E-state index is 6.25. The molecule has 1 rings (SSSR count). The van der Waals surface area contributed by atoms with Crippen LogP contribution in [0, 0.1) is 5.92 Å². The molecular formula is C12H26N2. The molecule has 0 aliphatic carbocycles. The first-order chi connectivity index (χ1) is 6.57. The molecule has 2 nitrogen and oxygen atoms in total. The largest absolute Gasteiger partial charge is 0.324 e. The molecule has 1 aliphatic rings. The van der Waals surface area contributed by atoms with Gasteiger partial charge in [0.05, 0.1) is 0 Å². The van der Waals surface area contributed by atoms with E-state index in [0.29, 0.717) is 0 Å². The van der Waals surface area contributed by atoms with Gasteiger partial charge in [0.15, 0.2) is 0 Å². The summed E-state index contributed by atoms with van der Waals surface area (Å²) in [4.78, 5) is 2.55. The Labute approximate surface area is 88.8 Å². The highest BCUT2D eigenvalue weighted by molar-refractivity contribution is 4.85. The highest BCUT2D eigenvalue weighted by atomic mass is 15.2. The summed E-state index contributed by atoms with van der Waals surface area (Å²) in [6.45, 7) is 10.3. The zero-order valence-electron chi connectivity index (χ0n) is 10.1. The molecule has 84 valence electrons. The lowest BCUT2D eigenvalue weighted by atomic mass is 9.97. The quantitative estimate of drug-likeness (QED) is 0.734. The second kappa shape index (κ2) is 5.13. The van der Waals surface area contributed by atoms with E-state index in [1.54, 1.807) is 0 Å². The van der Waals surface area contributed by atoms with Crippen LogP contribution in [-0.4, -0.2) is 30.1 Å². The van der Waals surface area contributed by atoms with Crippen molar-refractivity contribution >= 4 is 0 Å². The predicted molar refractivity (Wildman–Crippen MR) is 62.3 cm³/mol. The fourth-order valence-corrected chi connectivity index (χ4v) is 2.55. The van der Waals surface area contributed by atoms with Crippen LogP contribution in [0.5, 0.6) is 0 Å². The van der Waals surface area contributed by atoms with Crippen molar-refractivity contribution in [3.63, 3.8) is 0 Å². The van der Waals surface area contributed by atoms with Gasteiger partial charge in [-0.2, -0.15) is 0 Å². The third-order valence-electron chi connectivity index (χ3n) is 3.35. The van der Waals surface area contributed by atoms with Crippen LogP contribution >= 0.6 is 0 Å². The van der Waals surface area contributed by atoms with Gasteiger partial charge in [-0.05, 0) is 32.2 Å². The summed E-state index contributed by atoms with van der Waals surface area (Å²) >= 11 is 0. The zero-order valence-corrected chi connectivity index (χ0v) is 10.1. The van der Waals surface area contributed by atoms with Crippen molar-refractivity contribution in [2.45, 2.75) is 52.0 Å². The van der Waals surface area contributed by atoms with Crippen LogP contribution in [0.25, 0.3) is 0 Å². The van der Waals surface area contributed by atoms with Crippen LogP contribution < -0.4 is 5.73 Å². The van der Waals surface area contributed by atoms with Gasteiger partial charge in [-0.25, -0.2) is 0 Å². The van der Waals surface area contributed by atoms with Crippen molar-refractivity contribution in [1.82, 2.24) is 4.90 Å². The van der Waals surface area contributed by atoms with Crippen LogP contribution in [0.2, 0.25) is 0 Å². The molecule has 1 fully saturated rings. The Morgan fingerprint density at radius 3 is 2.64 bits per heavy atom. The minimum absolute atomic E-state index is 0.0252. The van der Waals surface area contributed by atoms with E-state index in [2.05, 4.69) is 25.7 Å². The number of rotatable bonds is 5. The number of hydrogen-bond acceptors (Lipinski definition) is 2. The lowest BCUT2D eigenvalue weighted by molar-refractivity contribution is 0.240. The van der Waals surface area contributed by atoms with E-state index in [0.717, 1.165) is 18.9 Å². The van der Waals surface area contributed by atoms with E-state index < -0.39 is 0 Å². The molecule has 1 aliphatic heterocycles. The van der Waals surface area contributed by atoms with Crippen molar-refractivity contribution < 1.29 is 0 Å². The highest BCUT2D eigenvalue weighted by Gasteiger charge is 2.26. The monoisotopic (exact) mass is 198 g/mol. The van der Waals surface area contributed by atoms with Crippen LogP contribution in [0.4, 0.5) is 0 Å². The molecule has 0 aromatic heterocycles. The van der Waals surface area contributed by atoms with Gasteiger partial charge in [-0.15, -0.1) is 0 Å². The molecule has 2 atom stereocenters. The summed E-state index contributed by atoms with van der Waals surface area (Å²) in [5.41, 5.74) is 6.28. The Balaban J connectivity index is 2.31. The summed E-state index contributed by atoms with van der Waals surface area (Å²) in [7, 11) is 0. The number of hydrogen-bond donors (Lipinski definition) is 1. The molecule has 2 heteroatoms. The first-order valence-electron chi connectivity index (χ1n) is 6.08. The maximum Gasteiger partial charge on any atom is 0.0254 e. The Morgan fingerprint density at radius 1 is 1.43 bits per heavy atom. The van der Waals surface area contributed by atoms with Gasteiger partial charge in [0.2, 0.25) is 0 Å². The molecule has 14 heavy (non-hydrogen) atoms. The van der Waals surface area contributed by atoms with Crippen molar-refractivity contribution in [1.29, 1.82) is 0 Å². The third kappa shape index (κ3) is 3.58. The topological polar surface area (TPSA) is 29.3 Å². The van der Waals surface area contributed by atoms with E-state index in [9.17, 15) is 0 Å². The molecule has 0 bridgehead atoms. The predicted octanol–water partition coefficient (Wildman–Crippen LogP) is 2.24. The molecule has 1 heterocycles. The van der Waals surface area contributed by atoms with Gasteiger partial charge >= 0.3 is 0 Å². The second-order valence-electron chi connectivity index (χ2n) is 5.20. The van der Waals surface area contributed by atoms with Crippen LogP contribution in [0.3, 0.4) is 0 Å². The van der Waals surface area contributed by atoms with Gasteiger partial charge < -0.3 is 10.6 Å². The molecule has 0 spiro atoms. The second-order valence-corrected chi connectivity index (χ2v) is 5.20. The number of nitrogens with two attached hydrogens (primary N) is 1. The van der Waals surface area contributed by atoms with E-state index in [1.165, 1.54) is 32.4 Å². The van der Waals surface area contributed by atoms with Crippen LogP contribution in [0.15, 0.2) is 0 Å². The minimum atomic E-state index is 0.0252. The smallest absolute Gasteiger partial charge is 0.0254 e. The standard InChI is InChI=1S/C12H26N2/c1-4-7-12(3,13)10-14-8-6-11(5-2)9-14/h11H,4-10,13H2,1-3H3. The maximum absolute atomic E-state index is 6.25. The van der Waals surface area contributed by atoms with Crippen molar-refractivity contribution in [2.24, 2.45) is 11.7 Å². The molecular weight excluding hydrogens is 172 g/mol. The first kappa shape index (κ1) is 12.0. The third-order valence-corrected chi connectivity index (χ3v) is 3.35. The van der Waals surface area contributed by atoms with E-state index in [4.69, 9.17) is 5.73 Å². The van der Waals surface area contributed by atoms with Gasteiger partial charge in [0, 0.05) is 18.6 Å². The van der Waals surface area contributed by atoms with Gasteiger partial charge in [-0.3, -0.25) is 0 Å². The van der Waals surface area contributed by atoms with Gasteiger partial charge in [0.1, 0.15) is 0 Å². The Hall–Kier alpha value is -0.0800. The molecule has 0 aromatic rings. The SMILES string of the molecule is CCCC(C)(N)CN1CCC(CC)C1. The van der Waals surface area contributed by atoms with Gasteiger partial charge in [0.25, 0.3) is 0 Å². The normalized spacial score (nSPS) is 27.9. The number of nitrogens with zero attached hydrogens (tertiary/aromatic N) is 1.